The number of rotatable bonds is 7. The molecule has 7 heteroatoms. The van der Waals surface area contributed by atoms with Gasteiger partial charge in [-0.15, -0.1) is 0 Å². The molecule has 0 aromatic carbocycles. The summed E-state index contributed by atoms with van der Waals surface area (Å²) in [5, 5.41) is 9.39. The molecule has 1 aliphatic rings. The molecule has 0 aromatic rings. The van der Waals surface area contributed by atoms with Gasteiger partial charge in [0, 0.05) is 31.5 Å². The van der Waals surface area contributed by atoms with E-state index in [9.17, 15) is 8.42 Å². The van der Waals surface area contributed by atoms with Crippen molar-refractivity contribution in [3.05, 3.63) is 0 Å². The maximum Gasteiger partial charge on any atom is 0.279 e. The molecule has 0 heterocycles. The van der Waals surface area contributed by atoms with Crippen LogP contribution in [0.2, 0.25) is 0 Å². The minimum absolute atomic E-state index is 0.0126. The Labute approximate surface area is 115 Å². The molecular weight excluding hydrogens is 272 g/mol. The summed E-state index contributed by atoms with van der Waals surface area (Å²) in [6.07, 6.45) is 6.56. The summed E-state index contributed by atoms with van der Waals surface area (Å²) in [4.78, 5) is 0. The lowest BCUT2D eigenvalue weighted by atomic mass is 9.96. The molecule has 1 saturated carbocycles. The average molecular weight is 296 g/mol. The quantitative estimate of drug-likeness (QED) is 0.729. The Bertz CT molecular complexity index is 327. The molecule has 0 spiro atoms. The Balaban J connectivity index is 2.41. The van der Waals surface area contributed by atoms with Gasteiger partial charge in [-0.3, -0.25) is 0 Å². The Kier molecular flexibility index (Phi) is 6.94. The molecule has 0 atom stereocenters. The topological polar surface area (TPSA) is 69.6 Å². The summed E-state index contributed by atoms with van der Waals surface area (Å²) >= 11 is 1.87. The van der Waals surface area contributed by atoms with Crippen molar-refractivity contribution in [1.29, 1.82) is 0 Å². The van der Waals surface area contributed by atoms with Crippen molar-refractivity contribution < 1.29 is 13.5 Å². The smallest absolute Gasteiger partial charge is 0.279 e. The zero-order chi connectivity index (χ0) is 13.6. The maximum absolute atomic E-state index is 12.0. The molecule has 0 unspecified atom stereocenters. The van der Waals surface area contributed by atoms with Crippen molar-refractivity contribution in [2.45, 2.75) is 43.4 Å². The third kappa shape index (κ3) is 5.05. The largest absolute Gasteiger partial charge is 0.396 e. The first kappa shape index (κ1) is 16.2. The molecule has 18 heavy (non-hydrogen) atoms. The fraction of sp³-hybridized carbons (Fsp3) is 1.00. The van der Waals surface area contributed by atoms with E-state index in [0.717, 1.165) is 25.7 Å². The van der Waals surface area contributed by atoms with Crippen LogP contribution < -0.4 is 4.72 Å². The van der Waals surface area contributed by atoms with Gasteiger partial charge in [0.05, 0.1) is 0 Å². The summed E-state index contributed by atoms with van der Waals surface area (Å²) in [5.74, 6) is 0. The number of hydrogen-bond acceptors (Lipinski definition) is 4. The average Bonchev–Trinajstić information content (AvgIpc) is 2.36. The third-order valence-corrected chi connectivity index (χ3v) is 6.14. The van der Waals surface area contributed by atoms with Crippen LogP contribution in [0, 0.1) is 0 Å². The van der Waals surface area contributed by atoms with Gasteiger partial charge in [-0.25, -0.2) is 0 Å². The van der Waals surface area contributed by atoms with Gasteiger partial charge in [0.1, 0.15) is 0 Å². The lowest BCUT2D eigenvalue weighted by Crippen LogP contribution is -2.45. The molecule has 0 aliphatic heterocycles. The number of nitrogens with one attached hydrogen (secondary N) is 1. The van der Waals surface area contributed by atoms with Gasteiger partial charge in [0.15, 0.2) is 0 Å². The lowest BCUT2D eigenvalue weighted by molar-refractivity contribution is 0.274. The van der Waals surface area contributed by atoms with E-state index in [0.29, 0.717) is 18.2 Å². The molecule has 1 rings (SSSR count). The Hall–Kier alpha value is 0.180. The Morgan fingerprint density at radius 3 is 2.44 bits per heavy atom. The molecule has 0 aromatic heterocycles. The van der Waals surface area contributed by atoms with Gasteiger partial charge in [-0.2, -0.15) is 29.2 Å². The first-order valence-electron chi connectivity index (χ1n) is 6.37. The SMILES string of the molecule is CSC1CCC(NS(=O)(=O)N(C)CCCO)CC1. The van der Waals surface area contributed by atoms with Gasteiger partial charge in [-0.05, 0) is 38.4 Å². The van der Waals surface area contributed by atoms with Crippen LogP contribution in [0.1, 0.15) is 32.1 Å². The van der Waals surface area contributed by atoms with Crippen molar-refractivity contribution in [2.24, 2.45) is 0 Å². The molecule has 0 radical (unpaired) electrons. The monoisotopic (exact) mass is 296 g/mol. The summed E-state index contributed by atoms with van der Waals surface area (Å²) in [5.41, 5.74) is 0. The fourth-order valence-corrected chi connectivity index (χ4v) is 4.08. The first-order valence-corrected chi connectivity index (χ1v) is 9.09. The molecular formula is C11H24N2O3S2. The number of thioether (sulfide) groups is 1. The van der Waals surface area contributed by atoms with Crippen molar-refractivity contribution in [3.8, 4) is 0 Å². The molecule has 0 saturated heterocycles. The number of aliphatic hydroxyl groups is 1. The van der Waals surface area contributed by atoms with Crippen molar-refractivity contribution in [1.82, 2.24) is 9.03 Å². The van der Waals surface area contributed by atoms with Crippen LogP contribution in [-0.2, 0) is 10.2 Å². The summed E-state index contributed by atoms with van der Waals surface area (Å²) in [6.45, 7) is 0.366. The number of hydrogen-bond donors (Lipinski definition) is 2. The Morgan fingerprint density at radius 2 is 1.94 bits per heavy atom. The van der Waals surface area contributed by atoms with E-state index in [1.54, 1.807) is 7.05 Å². The maximum atomic E-state index is 12.0. The third-order valence-electron chi connectivity index (χ3n) is 3.36. The van der Waals surface area contributed by atoms with Crippen molar-refractivity contribution in [2.75, 3.05) is 26.5 Å². The van der Waals surface area contributed by atoms with Gasteiger partial charge in [0.2, 0.25) is 0 Å². The summed E-state index contributed by atoms with van der Waals surface area (Å²) in [6, 6.07) is 0.0648. The zero-order valence-electron chi connectivity index (χ0n) is 11.1. The highest BCUT2D eigenvalue weighted by Crippen LogP contribution is 2.27. The zero-order valence-corrected chi connectivity index (χ0v) is 12.8. The predicted molar refractivity (Wildman–Crippen MR) is 75.9 cm³/mol. The van der Waals surface area contributed by atoms with E-state index in [1.807, 2.05) is 11.8 Å². The van der Waals surface area contributed by atoms with Crippen LogP contribution in [0.15, 0.2) is 0 Å². The van der Waals surface area contributed by atoms with Crippen LogP contribution in [0.4, 0.5) is 0 Å². The lowest BCUT2D eigenvalue weighted by Gasteiger charge is -2.29. The number of nitrogens with zero attached hydrogens (tertiary/aromatic N) is 1. The van der Waals surface area contributed by atoms with E-state index >= 15 is 0 Å². The highest BCUT2D eigenvalue weighted by molar-refractivity contribution is 7.99. The van der Waals surface area contributed by atoms with E-state index in [1.165, 1.54) is 4.31 Å². The summed E-state index contributed by atoms with van der Waals surface area (Å²) < 4.78 is 28.0. The minimum Gasteiger partial charge on any atom is -0.396 e. The molecule has 5 nitrogen and oxygen atoms in total. The van der Waals surface area contributed by atoms with Crippen LogP contribution in [0.25, 0.3) is 0 Å². The number of aliphatic hydroxyl groups excluding tert-OH is 1. The molecule has 1 fully saturated rings. The van der Waals surface area contributed by atoms with Gasteiger partial charge >= 0.3 is 0 Å². The van der Waals surface area contributed by atoms with Crippen LogP contribution in [0.5, 0.6) is 0 Å². The minimum atomic E-state index is -3.39. The normalized spacial score (nSPS) is 25.6. The Morgan fingerprint density at radius 1 is 1.33 bits per heavy atom. The van der Waals surface area contributed by atoms with Gasteiger partial charge < -0.3 is 5.11 Å². The molecule has 2 N–H and O–H groups in total. The fourth-order valence-electron chi connectivity index (χ4n) is 2.13. The van der Waals surface area contributed by atoms with Gasteiger partial charge in [0.25, 0.3) is 10.2 Å². The first-order chi connectivity index (χ1) is 8.49. The van der Waals surface area contributed by atoms with Crippen LogP contribution >= 0.6 is 11.8 Å². The van der Waals surface area contributed by atoms with Crippen LogP contribution in [-0.4, -0.2) is 55.6 Å². The van der Waals surface area contributed by atoms with E-state index in [2.05, 4.69) is 11.0 Å². The van der Waals surface area contributed by atoms with Gasteiger partial charge in [-0.1, -0.05) is 0 Å². The van der Waals surface area contributed by atoms with E-state index in [-0.39, 0.29) is 12.6 Å². The highest BCUT2D eigenvalue weighted by atomic mass is 32.2. The predicted octanol–water partition coefficient (Wildman–Crippen LogP) is 0.809. The van der Waals surface area contributed by atoms with Crippen molar-refractivity contribution in [3.63, 3.8) is 0 Å². The molecule has 1 aliphatic carbocycles. The highest BCUT2D eigenvalue weighted by Gasteiger charge is 2.26. The van der Waals surface area contributed by atoms with E-state index in [4.69, 9.17) is 5.11 Å². The second-order valence-electron chi connectivity index (χ2n) is 4.73. The molecule has 0 amide bonds. The molecule has 108 valence electrons. The van der Waals surface area contributed by atoms with E-state index < -0.39 is 10.2 Å². The standard InChI is InChI=1S/C11H24N2O3S2/c1-13(8-3-9-14)18(15,16)12-10-4-6-11(17-2)7-5-10/h10-12,14H,3-9H2,1-2H3. The second kappa shape index (κ2) is 7.69. The molecule has 0 bridgehead atoms. The summed E-state index contributed by atoms with van der Waals surface area (Å²) in [7, 11) is -1.84. The second-order valence-corrected chi connectivity index (χ2v) is 7.68. The van der Waals surface area contributed by atoms with Crippen molar-refractivity contribution >= 4 is 22.0 Å². The van der Waals surface area contributed by atoms with Crippen LogP contribution in [0.3, 0.4) is 0 Å².